The Morgan fingerprint density at radius 1 is 0.949 bits per heavy atom. The molecule has 0 aliphatic carbocycles. The zero-order chi connectivity index (χ0) is 28.6. The summed E-state index contributed by atoms with van der Waals surface area (Å²) in [6, 6.07) is 13.1. The van der Waals surface area contributed by atoms with Gasteiger partial charge in [0.25, 0.3) is 0 Å². The quantitative estimate of drug-likeness (QED) is 0.0823. The third-order valence-corrected chi connectivity index (χ3v) is 5.75. The Kier molecular flexibility index (Phi) is 10.1. The first-order valence-electron chi connectivity index (χ1n) is 11.1. The second-order valence-electron chi connectivity index (χ2n) is 7.64. The van der Waals surface area contributed by atoms with Crippen LogP contribution in [0.15, 0.2) is 59.8 Å². The molecule has 15 heteroatoms. The van der Waals surface area contributed by atoms with E-state index in [4.69, 9.17) is 16.3 Å². The molecule has 7 nitrogen and oxygen atoms in total. The zero-order valence-corrected chi connectivity index (χ0v) is 21.5. The van der Waals surface area contributed by atoms with Gasteiger partial charge < -0.3 is 19.5 Å². The molecule has 1 unspecified atom stereocenters. The van der Waals surface area contributed by atoms with Crippen LogP contribution in [0.4, 0.5) is 37.8 Å². The van der Waals surface area contributed by atoms with Crippen molar-refractivity contribution in [3.8, 4) is 11.5 Å². The summed E-state index contributed by atoms with van der Waals surface area (Å²) in [6.45, 7) is -1.56. The van der Waals surface area contributed by atoms with Gasteiger partial charge in [-0.25, -0.2) is 9.97 Å². The van der Waals surface area contributed by atoms with E-state index in [0.717, 1.165) is 30.0 Å². The van der Waals surface area contributed by atoms with Crippen molar-refractivity contribution >= 4 is 40.8 Å². The molecule has 1 N–H and O–H groups in total. The van der Waals surface area contributed by atoms with Gasteiger partial charge in [0.05, 0.1) is 6.61 Å². The summed E-state index contributed by atoms with van der Waals surface area (Å²) in [5.74, 6) is -1.33. The van der Waals surface area contributed by atoms with E-state index in [1.807, 2.05) is 0 Å². The molecule has 0 amide bonds. The molecular formula is C24H20ClF6N3O4S. The highest BCUT2D eigenvalue weighted by atomic mass is 35.5. The molecule has 3 aromatic rings. The highest BCUT2D eigenvalue weighted by molar-refractivity contribution is 8.00. The standard InChI is InChI=1S/C24H20ClF6N3O4S/c1-2-36-21(35)20(14-6-4-3-5-7-14)39-22-33-18(25)11-19(34-22)32-15-8-16(37-12-23(26,27)28)10-17(9-15)38-13-24(29,30)31/h3-11,20H,2,12-13H2,1H3,(H,32,33,34). The maximum atomic E-state index is 12.6. The van der Waals surface area contributed by atoms with E-state index in [-0.39, 0.29) is 28.4 Å². The van der Waals surface area contributed by atoms with Gasteiger partial charge in [0.15, 0.2) is 18.4 Å². The molecule has 0 saturated carbocycles. The molecule has 210 valence electrons. The summed E-state index contributed by atoms with van der Waals surface area (Å²) in [4.78, 5) is 21.0. The summed E-state index contributed by atoms with van der Waals surface area (Å²) in [5, 5.41) is 1.89. The van der Waals surface area contributed by atoms with Gasteiger partial charge in [-0.1, -0.05) is 53.7 Å². The predicted molar refractivity (Wildman–Crippen MR) is 132 cm³/mol. The number of hydrogen-bond donors (Lipinski definition) is 1. The molecule has 1 atom stereocenters. The summed E-state index contributed by atoms with van der Waals surface area (Å²) in [6.07, 6.45) is -9.37. The highest BCUT2D eigenvalue weighted by Gasteiger charge is 2.30. The van der Waals surface area contributed by atoms with Crippen molar-refractivity contribution in [3.05, 3.63) is 65.3 Å². The fourth-order valence-corrected chi connectivity index (χ4v) is 4.21. The van der Waals surface area contributed by atoms with E-state index < -0.39 is 48.3 Å². The fourth-order valence-electron chi connectivity index (χ4n) is 3.01. The minimum absolute atomic E-state index is 0.0115. The van der Waals surface area contributed by atoms with Crippen LogP contribution in [-0.2, 0) is 9.53 Å². The van der Waals surface area contributed by atoms with Crippen molar-refractivity contribution in [3.63, 3.8) is 0 Å². The van der Waals surface area contributed by atoms with Crippen LogP contribution in [0.5, 0.6) is 11.5 Å². The van der Waals surface area contributed by atoms with Crippen molar-refractivity contribution in [1.82, 2.24) is 9.97 Å². The molecule has 0 bridgehead atoms. The van der Waals surface area contributed by atoms with E-state index >= 15 is 0 Å². The summed E-state index contributed by atoms with van der Waals surface area (Å²) in [7, 11) is 0. The number of ether oxygens (including phenoxy) is 3. The first-order chi connectivity index (χ1) is 18.3. The Morgan fingerprint density at radius 2 is 1.54 bits per heavy atom. The lowest BCUT2D eigenvalue weighted by atomic mass is 10.1. The lowest BCUT2D eigenvalue weighted by molar-refractivity contribution is -0.154. The summed E-state index contributed by atoms with van der Waals surface area (Å²) >= 11 is 7.06. The van der Waals surface area contributed by atoms with Gasteiger partial charge in [-0.2, -0.15) is 26.3 Å². The predicted octanol–water partition coefficient (Wildman–Crippen LogP) is 7.15. The van der Waals surface area contributed by atoms with Crippen molar-refractivity contribution in [2.75, 3.05) is 25.1 Å². The average Bonchev–Trinajstić information content (AvgIpc) is 2.84. The molecule has 3 rings (SSSR count). The number of thioether (sulfide) groups is 1. The number of rotatable bonds is 11. The molecule has 1 heterocycles. The number of carbonyl (C=O) groups is 1. The smallest absolute Gasteiger partial charge is 0.422 e. The number of benzene rings is 2. The molecule has 2 aromatic carbocycles. The first kappa shape index (κ1) is 30.2. The number of halogens is 7. The van der Waals surface area contributed by atoms with E-state index in [2.05, 4.69) is 24.8 Å². The van der Waals surface area contributed by atoms with Crippen LogP contribution < -0.4 is 14.8 Å². The van der Waals surface area contributed by atoms with E-state index in [9.17, 15) is 31.1 Å². The van der Waals surface area contributed by atoms with Crippen molar-refractivity contribution < 1.29 is 45.3 Å². The fraction of sp³-hybridized carbons (Fsp3) is 0.292. The Balaban J connectivity index is 1.89. The zero-order valence-electron chi connectivity index (χ0n) is 20.0. The minimum atomic E-state index is -4.68. The maximum absolute atomic E-state index is 12.6. The molecule has 0 aliphatic rings. The van der Waals surface area contributed by atoms with Gasteiger partial charge in [-0.3, -0.25) is 4.79 Å². The van der Waals surface area contributed by atoms with Crippen LogP contribution in [0.25, 0.3) is 0 Å². The molecule has 1 aromatic heterocycles. The Bertz CT molecular complexity index is 1230. The van der Waals surface area contributed by atoms with Crippen LogP contribution in [0.3, 0.4) is 0 Å². The van der Waals surface area contributed by atoms with Gasteiger partial charge in [-0.15, -0.1) is 0 Å². The minimum Gasteiger partial charge on any atom is -0.484 e. The van der Waals surface area contributed by atoms with Gasteiger partial charge in [0.2, 0.25) is 0 Å². The van der Waals surface area contributed by atoms with Crippen molar-refractivity contribution in [2.45, 2.75) is 29.7 Å². The Hall–Kier alpha value is -3.39. The van der Waals surface area contributed by atoms with Crippen LogP contribution >= 0.6 is 23.4 Å². The molecule has 0 saturated heterocycles. The lowest BCUT2D eigenvalue weighted by Crippen LogP contribution is -2.20. The molecule has 39 heavy (non-hydrogen) atoms. The normalized spacial score (nSPS) is 12.5. The van der Waals surface area contributed by atoms with E-state index in [1.54, 1.807) is 37.3 Å². The second kappa shape index (κ2) is 13.1. The Morgan fingerprint density at radius 3 is 2.08 bits per heavy atom. The third kappa shape index (κ3) is 10.4. The van der Waals surface area contributed by atoms with Crippen LogP contribution in [0.1, 0.15) is 17.7 Å². The van der Waals surface area contributed by atoms with Crippen LogP contribution in [-0.4, -0.2) is 48.1 Å². The number of esters is 1. The topological polar surface area (TPSA) is 82.6 Å². The number of carbonyl (C=O) groups excluding carboxylic acids is 1. The van der Waals surface area contributed by atoms with Gasteiger partial charge in [-0.05, 0) is 12.5 Å². The molecule has 0 aliphatic heterocycles. The maximum Gasteiger partial charge on any atom is 0.422 e. The summed E-state index contributed by atoms with van der Waals surface area (Å²) < 4.78 is 90.3. The number of nitrogens with one attached hydrogen (secondary N) is 1. The summed E-state index contributed by atoms with van der Waals surface area (Å²) in [5.41, 5.74) is 0.600. The largest absolute Gasteiger partial charge is 0.484 e. The number of alkyl halides is 6. The van der Waals surface area contributed by atoms with Gasteiger partial charge in [0.1, 0.15) is 27.7 Å². The molecule has 0 spiro atoms. The lowest BCUT2D eigenvalue weighted by Gasteiger charge is -2.16. The number of aromatic nitrogens is 2. The van der Waals surface area contributed by atoms with Crippen molar-refractivity contribution in [1.29, 1.82) is 0 Å². The number of hydrogen-bond acceptors (Lipinski definition) is 8. The molecule has 0 fully saturated rings. The first-order valence-corrected chi connectivity index (χ1v) is 12.3. The monoisotopic (exact) mass is 595 g/mol. The van der Waals surface area contributed by atoms with Crippen LogP contribution in [0, 0.1) is 0 Å². The highest BCUT2D eigenvalue weighted by Crippen LogP contribution is 2.36. The SMILES string of the molecule is CCOC(=O)C(Sc1nc(Cl)cc(Nc2cc(OCC(F)(F)F)cc(OCC(F)(F)F)c2)n1)c1ccccc1. The third-order valence-electron chi connectivity index (χ3n) is 4.46. The van der Waals surface area contributed by atoms with Gasteiger partial charge >= 0.3 is 18.3 Å². The molecule has 0 radical (unpaired) electrons. The van der Waals surface area contributed by atoms with Gasteiger partial charge in [0, 0.05) is 30.0 Å². The second-order valence-corrected chi connectivity index (χ2v) is 9.10. The Labute approximate surface area is 227 Å². The molecular weight excluding hydrogens is 576 g/mol. The van der Waals surface area contributed by atoms with Crippen molar-refractivity contribution in [2.24, 2.45) is 0 Å². The number of anilines is 2. The van der Waals surface area contributed by atoms with E-state index in [0.29, 0.717) is 5.56 Å². The average molecular weight is 596 g/mol. The number of nitrogens with zero attached hydrogens (tertiary/aromatic N) is 2. The van der Waals surface area contributed by atoms with E-state index in [1.165, 1.54) is 6.07 Å². The van der Waals surface area contributed by atoms with Crippen LogP contribution in [0.2, 0.25) is 5.15 Å².